The molecule has 0 aliphatic rings. The van der Waals surface area contributed by atoms with Crippen molar-refractivity contribution >= 4 is 40.1 Å². The summed E-state index contributed by atoms with van der Waals surface area (Å²) in [5.41, 5.74) is 1.54. The number of methoxy groups -OCH3 is 1. The Balaban J connectivity index is 2.27. The summed E-state index contributed by atoms with van der Waals surface area (Å²) in [7, 11) is 1.59. The van der Waals surface area contributed by atoms with Gasteiger partial charge in [0.25, 0.3) is 0 Å². The first-order valence-electron chi connectivity index (χ1n) is 6.62. The van der Waals surface area contributed by atoms with Crippen molar-refractivity contribution in [1.82, 2.24) is 14.9 Å². The number of ether oxygens (including phenoxy) is 1. The quantitative estimate of drug-likeness (QED) is 0.626. The number of nitrogens with one attached hydrogen (secondary N) is 1. The number of aromatic nitrogens is 2. The number of amides is 1. The summed E-state index contributed by atoms with van der Waals surface area (Å²) in [5.74, 6) is 1.09. The fraction of sp³-hybridized carbons (Fsp3) is 0.429. The Bertz CT molecular complexity index is 628. The third-order valence-corrected chi connectivity index (χ3v) is 3.54. The summed E-state index contributed by atoms with van der Waals surface area (Å²) in [5, 5.41) is 3.36. The van der Waals surface area contributed by atoms with Crippen molar-refractivity contribution in [3.8, 4) is 0 Å². The van der Waals surface area contributed by atoms with Crippen LogP contribution in [0.25, 0.3) is 11.0 Å². The number of imidazole rings is 1. The minimum Gasteiger partial charge on any atom is -0.383 e. The van der Waals surface area contributed by atoms with Gasteiger partial charge >= 0.3 is 0 Å². The lowest BCUT2D eigenvalue weighted by molar-refractivity contribution is -0.121. The number of aryl methyl sites for hydroxylation is 1. The minimum absolute atomic E-state index is 0.109. The molecule has 21 heavy (non-hydrogen) atoms. The molecule has 0 spiro atoms. The monoisotopic (exact) mass is 329 g/mol. The molecule has 1 N–H and O–H groups in total. The smallest absolute Gasteiger partial charge is 0.240 e. The van der Waals surface area contributed by atoms with E-state index in [1.807, 2.05) is 16.7 Å². The van der Waals surface area contributed by atoms with Gasteiger partial charge in [-0.1, -0.05) is 17.7 Å². The predicted molar refractivity (Wildman–Crippen MR) is 84.1 cm³/mol. The van der Waals surface area contributed by atoms with E-state index in [1.165, 1.54) is 0 Å². The molecule has 1 aromatic heterocycles. The highest BCUT2D eigenvalue weighted by molar-refractivity contribution is 6.35. The van der Waals surface area contributed by atoms with Crippen LogP contribution in [-0.2, 0) is 22.5 Å². The summed E-state index contributed by atoms with van der Waals surface area (Å²) in [4.78, 5) is 16.5. The Morgan fingerprint density at radius 1 is 1.48 bits per heavy atom. The number of rotatable bonds is 7. The number of carbonyl (C=O) groups is 1. The lowest BCUT2D eigenvalue weighted by Crippen LogP contribution is -2.30. The minimum atomic E-state index is -0.109. The molecular weight excluding hydrogens is 313 g/mol. The van der Waals surface area contributed by atoms with Crippen LogP contribution < -0.4 is 5.32 Å². The fourth-order valence-electron chi connectivity index (χ4n) is 2.13. The van der Waals surface area contributed by atoms with Crippen molar-refractivity contribution in [2.75, 3.05) is 26.1 Å². The van der Waals surface area contributed by atoms with E-state index in [2.05, 4.69) is 10.3 Å². The van der Waals surface area contributed by atoms with Gasteiger partial charge < -0.3 is 14.6 Å². The van der Waals surface area contributed by atoms with Crippen molar-refractivity contribution < 1.29 is 9.53 Å². The average molecular weight is 330 g/mol. The van der Waals surface area contributed by atoms with Gasteiger partial charge in [-0.05, 0) is 12.1 Å². The third-order valence-electron chi connectivity index (χ3n) is 3.04. The van der Waals surface area contributed by atoms with E-state index in [0.29, 0.717) is 30.5 Å². The molecule has 1 aromatic carbocycles. The molecule has 0 unspecified atom stereocenters. The summed E-state index contributed by atoms with van der Waals surface area (Å²) in [6.45, 7) is 1.11. The Hall–Kier alpha value is -1.30. The van der Waals surface area contributed by atoms with E-state index in [1.54, 1.807) is 13.2 Å². The summed E-state index contributed by atoms with van der Waals surface area (Å²) >= 11 is 12.1. The Labute approximate surface area is 133 Å². The third kappa shape index (κ3) is 3.87. The molecule has 0 aliphatic carbocycles. The molecule has 0 fully saturated rings. The van der Waals surface area contributed by atoms with Crippen molar-refractivity contribution in [3.63, 3.8) is 0 Å². The number of carbonyl (C=O) groups excluding carboxylic acids is 1. The number of alkyl halides is 1. The van der Waals surface area contributed by atoms with Crippen LogP contribution in [0.2, 0.25) is 5.02 Å². The van der Waals surface area contributed by atoms with Gasteiger partial charge in [-0.15, -0.1) is 11.6 Å². The second kappa shape index (κ2) is 7.64. The van der Waals surface area contributed by atoms with E-state index in [9.17, 15) is 4.79 Å². The van der Waals surface area contributed by atoms with Crippen molar-refractivity contribution in [2.24, 2.45) is 0 Å². The number of para-hydroxylation sites is 1. The number of halogens is 2. The van der Waals surface area contributed by atoms with Gasteiger partial charge in [-0.2, -0.15) is 0 Å². The molecule has 0 bridgehead atoms. The number of hydrogen-bond acceptors (Lipinski definition) is 3. The second-order valence-corrected chi connectivity index (χ2v) is 5.29. The Morgan fingerprint density at radius 2 is 2.29 bits per heavy atom. The molecule has 2 aromatic rings. The van der Waals surface area contributed by atoms with Crippen molar-refractivity contribution in [1.29, 1.82) is 0 Å². The van der Waals surface area contributed by atoms with Gasteiger partial charge in [0.15, 0.2) is 0 Å². The molecule has 1 heterocycles. The predicted octanol–water partition coefficient (Wildman–Crippen LogP) is 2.23. The highest BCUT2D eigenvalue weighted by Gasteiger charge is 2.15. The normalized spacial score (nSPS) is 11.0. The molecule has 7 heteroatoms. The van der Waals surface area contributed by atoms with Crippen LogP contribution in [-0.4, -0.2) is 41.6 Å². The maximum absolute atomic E-state index is 12.0. The van der Waals surface area contributed by atoms with Gasteiger partial charge in [0.1, 0.15) is 12.4 Å². The van der Waals surface area contributed by atoms with Crippen LogP contribution in [0.15, 0.2) is 18.2 Å². The first-order valence-corrected chi connectivity index (χ1v) is 7.54. The van der Waals surface area contributed by atoms with Crippen LogP contribution in [0.1, 0.15) is 5.82 Å². The zero-order chi connectivity index (χ0) is 15.2. The van der Waals surface area contributed by atoms with Crippen LogP contribution >= 0.6 is 23.2 Å². The molecule has 0 saturated heterocycles. The highest BCUT2D eigenvalue weighted by atomic mass is 35.5. The average Bonchev–Trinajstić information content (AvgIpc) is 2.79. The van der Waals surface area contributed by atoms with Gasteiger partial charge in [0.2, 0.25) is 5.91 Å². The van der Waals surface area contributed by atoms with Crippen LogP contribution in [0, 0.1) is 0 Å². The van der Waals surface area contributed by atoms with E-state index in [0.717, 1.165) is 16.9 Å². The zero-order valence-corrected chi connectivity index (χ0v) is 13.2. The number of hydrogen-bond donors (Lipinski definition) is 1. The van der Waals surface area contributed by atoms with Crippen molar-refractivity contribution in [2.45, 2.75) is 13.0 Å². The van der Waals surface area contributed by atoms with Gasteiger partial charge in [0, 0.05) is 26.0 Å². The molecule has 0 saturated carbocycles. The second-order valence-electron chi connectivity index (χ2n) is 4.50. The van der Waals surface area contributed by atoms with Crippen LogP contribution in [0.5, 0.6) is 0 Å². The first kappa shape index (κ1) is 16.1. The molecule has 0 radical (unpaired) electrons. The van der Waals surface area contributed by atoms with Crippen LogP contribution in [0.3, 0.4) is 0 Å². The van der Waals surface area contributed by atoms with Crippen LogP contribution in [0.4, 0.5) is 0 Å². The fourth-order valence-corrected chi connectivity index (χ4v) is 2.57. The SMILES string of the molecule is COCCNC(=O)Cn1c(CCCl)nc2cccc(Cl)c21. The molecule has 114 valence electrons. The maximum Gasteiger partial charge on any atom is 0.240 e. The highest BCUT2D eigenvalue weighted by Crippen LogP contribution is 2.24. The summed E-state index contributed by atoms with van der Waals surface area (Å²) in [6, 6.07) is 5.50. The molecular formula is C14H17Cl2N3O2. The Kier molecular flexibility index (Phi) is 5.85. The molecule has 1 amide bonds. The molecule has 0 atom stereocenters. The topological polar surface area (TPSA) is 56.1 Å². The number of fused-ring (bicyclic) bond motifs is 1. The number of nitrogens with zero attached hydrogens (tertiary/aromatic N) is 2. The first-order chi connectivity index (χ1) is 10.2. The lowest BCUT2D eigenvalue weighted by Gasteiger charge is -2.10. The summed E-state index contributed by atoms with van der Waals surface area (Å²) < 4.78 is 6.73. The lowest BCUT2D eigenvalue weighted by atomic mass is 10.3. The molecule has 5 nitrogen and oxygen atoms in total. The van der Waals surface area contributed by atoms with Crippen molar-refractivity contribution in [3.05, 3.63) is 29.0 Å². The molecule has 0 aliphatic heterocycles. The van der Waals surface area contributed by atoms with Gasteiger partial charge in [-0.25, -0.2) is 4.98 Å². The zero-order valence-electron chi connectivity index (χ0n) is 11.7. The van der Waals surface area contributed by atoms with E-state index < -0.39 is 0 Å². The van der Waals surface area contributed by atoms with E-state index in [4.69, 9.17) is 27.9 Å². The largest absolute Gasteiger partial charge is 0.383 e. The van der Waals surface area contributed by atoms with Gasteiger partial charge in [0.05, 0.1) is 22.7 Å². The number of benzene rings is 1. The Morgan fingerprint density at radius 3 is 3.00 bits per heavy atom. The van der Waals surface area contributed by atoms with E-state index in [-0.39, 0.29) is 12.5 Å². The maximum atomic E-state index is 12.0. The van der Waals surface area contributed by atoms with E-state index >= 15 is 0 Å². The molecule has 2 rings (SSSR count). The standard InChI is InChI=1S/C14H17Cl2N3O2/c1-21-8-7-17-13(20)9-19-12(5-6-15)18-11-4-2-3-10(16)14(11)19/h2-4H,5-9H2,1H3,(H,17,20). The van der Waals surface area contributed by atoms with Gasteiger partial charge in [-0.3, -0.25) is 4.79 Å². The summed E-state index contributed by atoms with van der Waals surface area (Å²) in [6.07, 6.45) is 0.581.